The van der Waals surface area contributed by atoms with E-state index in [2.05, 4.69) is 15.8 Å². The Morgan fingerprint density at radius 2 is 2.25 bits per heavy atom. The summed E-state index contributed by atoms with van der Waals surface area (Å²) in [6.45, 7) is 5.46. The number of nitrogens with zero attached hydrogens (tertiary/aromatic N) is 1. The van der Waals surface area contributed by atoms with Gasteiger partial charge in [-0.15, -0.1) is 0 Å². The summed E-state index contributed by atoms with van der Waals surface area (Å²) in [7, 11) is 1.46. The molecule has 1 fully saturated rings. The highest BCUT2D eigenvalue weighted by Crippen LogP contribution is 2.34. The highest BCUT2D eigenvalue weighted by Gasteiger charge is 2.12. The fraction of sp³-hybridized carbons (Fsp3) is 0.467. The normalized spacial score (nSPS) is 15.4. The molecule has 1 saturated heterocycles. The highest BCUT2D eigenvalue weighted by molar-refractivity contribution is 7.80. The standard InChI is InChI=1S/C15H21ClN4O3S/c1-22-13-9-11(8-12(16)14(13)21)10-18-19-15(24)17-2-3-20-4-6-23-7-5-20/h8-10,21H,2-7H2,1H3,(H2,17,19,24)/p+1/b18-10+. The van der Waals surface area contributed by atoms with Gasteiger partial charge in [-0.2, -0.15) is 5.10 Å². The van der Waals surface area contributed by atoms with Crippen molar-refractivity contribution in [1.82, 2.24) is 10.7 Å². The van der Waals surface area contributed by atoms with Crippen molar-refractivity contribution in [2.45, 2.75) is 0 Å². The first kappa shape index (κ1) is 18.7. The molecule has 2 rings (SSSR count). The van der Waals surface area contributed by atoms with Crippen molar-refractivity contribution in [2.75, 3.05) is 46.5 Å². The fourth-order valence-electron chi connectivity index (χ4n) is 2.29. The van der Waals surface area contributed by atoms with Crippen LogP contribution in [0.5, 0.6) is 11.5 Å². The molecule has 4 N–H and O–H groups in total. The van der Waals surface area contributed by atoms with Gasteiger partial charge in [-0.3, -0.25) is 5.43 Å². The molecule has 0 atom stereocenters. The quantitative estimate of drug-likeness (QED) is 0.313. The number of quaternary nitrogens is 1. The molecule has 0 saturated carbocycles. The van der Waals surface area contributed by atoms with Crippen molar-refractivity contribution in [1.29, 1.82) is 0 Å². The molecule has 0 radical (unpaired) electrons. The maximum Gasteiger partial charge on any atom is 0.187 e. The summed E-state index contributed by atoms with van der Waals surface area (Å²) in [5.41, 5.74) is 3.43. The predicted octanol–water partition coefficient (Wildman–Crippen LogP) is -0.233. The van der Waals surface area contributed by atoms with Gasteiger partial charge in [-0.1, -0.05) is 11.6 Å². The molecule has 0 aromatic heterocycles. The van der Waals surface area contributed by atoms with Crippen LogP contribution < -0.4 is 20.4 Å². The van der Waals surface area contributed by atoms with Crippen molar-refractivity contribution in [2.24, 2.45) is 5.10 Å². The molecule has 0 bridgehead atoms. The van der Waals surface area contributed by atoms with E-state index in [-0.39, 0.29) is 16.5 Å². The number of hydrogen-bond donors (Lipinski definition) is 4. The van der Waals surface area contributed by atoms with Gasteiger partial charge in [0.05, 0.1) is 44.7 Å². The third kappa shape index (κ3) is 5.79. The summed E-state index contributed by atoms with van der Waals surface area (Å²) in [5.74, 6) is 0.199. The zero-order chi connectivity index (χ0) is 17.4. The summed E-state index contributed by atoms with van der Waals surface area (Å²) >= 11 is 11.1. The summed E-state index contributed by atoms with van der Waals surface area (Å²) in [6.07, 6.45) is 1.55. The smallest absolute Gasteiger partial charge is 0.187 e. The zero-order valence-corrected chi connectivity index (χ0v) is 15.0. The Kier molecular flexibility index (Phi) is 7.51. The van der Waals surface area contributed by atoms with Crippen molar-refractivity contribution in [3.8, 4) is 11.5 Å². The van der Waals surface area contributed by atoms with Gasteiger partial charge in [-0.25, -0.2) is 0 Å². The van der Waals surface area contributed by atoms with E-state index in [0.717, 1.165) is 39.4 Å². The van der Waals surface area contributed by atoms with E-state index in [1.54, 1.807) is 18.3 Å². The Hall–Kier alpha value is -1.61. The predicted molar refractivity (Wildman–Crippen MR) is 97.4 cm³/mol. The summed E-state index contributed by atoms with van der Waals surface area (Å²) in [5, 5.41) is 17.5. The number of hydrazone groups is 1. The lowest BCUT2D eigenvalue weighted by Gasteiger charge is -2.23. The number of methoxy groups -OCH3 is 1. The van der Waals surface area contributed by atoms with E-state index < -0.39 is 0 Å². The lowest BCUT2D eigenvalue weighted by atomic mass is 10.2. The van der Waals surface area contributed by atoms with Crippen molar-refractivity contribution in [3.63, 3.8) is 0 Å². The van der Waals surface area contributed by atoms with Crippen molar-refractivity contribution >= 4 is 35.1 Å². The molecule has 9 heteroatoms. The fourth-order valence-corrected chi connectivity index (χ4v) is 2.67. The molecule has 132 valence electrons. The Morgan fingerprint density at radius 3 is 2.96 bits per heavy atom. The Labute approximate surface area is 151 Å². The Morgan fingerprint density at radius 1 is 1.50 bits per heavy atom. The molecule has 0 spiro atoms. The minimum atomic E-state index is -0.0907. The molecule has 1 heterocycles. The molecule has 0 unspecified atom stereocenters. The third-order valence-corrected chi connectivity index (χ3v) is 4.14. The SMILES string of the molecule is COc1cc(/C=N/NC(=S)NCC[NH+]2CCOCC2)cc(Cl)c1O. The molecule has 1 aromatic carbocycles. The molecule has 0 amide bonds. The van der Waals surface area contributed by atoms with Gasteiger partial charge in [0.15, 0.2) is 16.6 Å². The van der Waals surface area contributed by atoms with Crippen LogP contribution in [0, 0.1) is 0 Å². The maximum atomic E-state index is 9.68. The van der Waals surface area contributed by atoms with Crippen molar-refractivity contribution < 1.29 is 19.5 Å². The number of phenols is 1. The van der Waals surface area contributed by atoms with Crippen molar-refractivity contribution in [3.05, 3.63) is 22.7 Å². The monoisotopic (exact) mass is 373 g/mol. The van der Waals surface area contributed by atoms with E-state index in [4.69, 9.17) is 33.3 Å². The number of aromatic hydroxyl groups is 1. The van der Waals surface area contributed by atoms with Crippen LogP contribution in [0.4, 0.5) is 0 Å². The Balaban J connectivity index is 1.74. The van der Waals surface area contributed by atoms with E-state index in [1.807, 2.05) is 0 Å². The van der Waals surface area contributed by atoms with Gasteiger partial charge in [0.1, 0.15) is 13.1 Å². The lowest BCUT2D eigenvalue weighted by molar-refractivity contribution is -0.906. The average molecular weight is 374 g/mol. The van der Waals surface area contributed by atoms with Crippen LogP contribution in [0.2, 0.25) is 5.02 Å². The van der Waals surface area contributed by atoms with Crippen LogP contribution >= 0.6 is 23.8 Å². The summed E-state index contributed by atoms with van der Waals surface area (Å²) in [6, 6.07) is 3.22. The van der Waals surface area contributed by atoms with Crippen LogP contribution in [-0.2, 0) is 4.74 Å². The second kappa shape index (κ2) is 9.63. The molecular formula is C15H22ClN4O3S+. The largest absolute Gasteiger partial charge is 0.503 e. The zero-order valence-electron chi connectivity index (χ0n) is 13.5. The number of hydrogen-bond acceptors (Lipinski definition) is 5. The van der Waals surface area contributed by atoms with Gasteiger partial charge in [0, 0.05) is 0 Å². The second-order valence-corrected chi connectivity index (χ2v) is 6.11. The number of rotatable bonds is 6. The first-order valence-corrected chi connectivity index (χ1v) is 8.43. The molecule has 1 aromatic rings. The van der Waals surface area contributed by atoms with Crippen LogP contribution in [0.1, 0.15) is 5.56 Å². The van der Waals surface area contributed by atoms with E-state index in [9.17, 15) is 5.11 Å². The molecule has 1 aliphatic heterocycles. The number of morpholine rings is 1. The van der Waals surface area contributed by atoms with E-state index >= 15 is 0 Å². The van der Waals surface area contributed by atoms with E-state index in [0.29, 0.717) is 10.7 Å². The molecule has 1 aliphatic rings. The number of nitrogens with one attached hydrogen (secondary N) is 3. The number of thiocarbonyl (C=S) groups is 1. The third-order valence-electron chi connectivity index (χ3n) is 3.61. The molecule has 7 nitrogen and oxygen atoms in total. The van der Waals surface area contributed by atoms with Gasteiger partial charge >= 0.3 is 0 Å². The second-order valence-electron chi connectivity index (χ2n) is 5.29. The van der Waals surface area contributed by atoms with Crippen LogP contribution in [0.25, 0.3) is 0 Å². The molecular weight excluding hydrogens is 352 g/mol. The van der Waals surface area contributed by atoms with Gasteiger partial charge in [0.2, 0.25) is 0 Å². The minimum Gasteiger partial charge on any atom is -0.503 e. The lowest BCUT2D eigenvalue weighted by Crippen LogP contribution is -3.14. The van der Waals surface area contributed by atoms with Crippen LogP contribution in [0.3, 0.4) is 0 Å². The van der Waals surface area contributed by atoms with E-state index in [1.165, 1.54) is 12.0 Å². The molecule has 0 aliphatic carbocycles. The first-order valence-electron chi connectivity index (χ1n) is 7.65. The van der Waals surface area contributed by atoms with Crippen LogP contribution in [0.15, 0.2) is 17.2 Å². The van der Waals surface area contributed by atoms with Gasteiger partial charge < -0.3 is 24.8 Å². The molecule has 24 heavy (non-hydrogen) atoms. The highest BCUT2D eigenvalue weighted by atomic mass is 35.5. The number of phenolic OH excluding ortho intramolecular Hbond substituents is 1. The first-order chi connectivity index (χ1) is 11.6. The minimum absolute atomic E-state index is 0.0907. The van der Waals surface area contributed by atoms with Gasteiger partial charge in [0.25, 0.3) is 0 Å². The Bertz CT molecular complexity index is 594. The number of ether oxygens (including phenoxy) is 2. The average Bonchev–Trinajstić information content (AvgIpc) is 2.59. The number of benzene rings is 1. The topological polar surface area (TPSA) is 79.5 Å². The van der Waals surface area contributed by atoms with Gasteiger partial charge in [-0.05, 0) is 29.9 Å². The summed E-state index contributed by atoms with van der Waals surface area (Å²) < 4.78 is 10.4. The summed E-state index contributed by atoms with van der Waals surface area (Å²) in [4.78, 5) is 1.51. The maximum absolute atomic E-state index is 9.68. The number of halogens is 1. The van der Waals surface area contributed by atoms with Crippen LogP contribution in [-0.4, -0.2) is 62.9 Å².